The van der Waals surface area contributed by atoms with E-state index in [0.717, 1.165) is 0 Å². The molecule has 0 saturated heterocycles. The topological polar surface area (TPSA) is 105 Å². The third kappa shape index (κ3) is 3.95. The average molecular weight is 323 g/mol. The molecule has 92 valence electrons. The van der Waals surface area contributed by atoms with Gasteiger partial charge in [0, 0.05) is 10.7 Å². The molecule has 0 aliphatic rings. The molecular formula is C9H9BrClN3O3. The summed E-state index contributed by atoms with van der Waals surface area (Å²) >= 11 is 8.87. The van der Waals surface area contributed by atoms with Crippen molar-refractivity contribution in [2.24, 2.45) is 5.73 Å². The first-order valence-corrected chi connectivity index (χ1v) is 5.65. The number of aromatic nitrogens is 1. The second-order valence-electron chi connectivity index (χ2n) is 3.12. The van der Waals surface area contributed by atoms with Gasteiger partial charge in [0.1, 0.15) is 11.3 Å². The number of pyridine rings is 1. The molecule has 0 saturated carbocycles. The normalized spacial score (nSPS) is 11.9. The lowest BCUT2D eigenvalue weighted by atomic mass is 10.2. The van der Waals surface area contributed by atoms with Crippen LogP contribution in [0.25, 0.3) is 0 Å². The standard InChI is InChI=1S/C9H9BrClN3O3/c10-4-1-5(7(11)13-2-4)9(17)14-3-6(15)8(12)16/h1-2,6,15H,3H2,(H2,12,16)(H,14,17). The van der Waals surface area contributed by atoms with Crippen molar-refractivity contribution >= 4 is 39.3 Å². The molecule has 0 aliphatic carbocycles. The number of nitrogens with zero attached hydrogens (tertiary/aromatic N) is 1. The molecule has 1 atom stereocenters. The van der Waals surface area contributed by atoms with Crippen LogP contribution >= 0.6 is 27.5 Å². The summed E-state index contributed by atoms with van der Waals surface area (Å²) in [4.78, 5) is 25.9. The van der Waals surface area contributed by atoms with Crippen LogP contribution in [0, 0.1) is 0 Å². The van der Waals surface area contributed by atoms with Crippen molar-refractivity contribution in [2.45, 2.75) is 6.10 Å². The monoisotopic (exact) mass is 321 g/mol. The molecule has 1 unspecified atom stereocenters. The first kappa shape index (κ1) is 13.9. The molecule has 1 aromatic heterocycles. The predicted octanol–water partition coefficient (Wildman–Crippen LogP) is 0.0735. The number of amides is 2. The zero-order valence-electron chi connectivity index (χ0n) is 8.48. The van der Waals surface area contributed by atoms with E-state index in [9.17, 15) is 9.59 Å². The van der Waals surface area contributed by atoms with Crippen LogP contribution in [0.4, 0.5) is 0 Å². The Morgan fingerprint density at radius 3 is 2.88 bits per heavy atom. The minimum absolute atomic E-state index is 0.0271. The van der Waals surface area contributed by atoms with E-state index in [0.29, 0.717) is 4.47 Å². The Hall–Kier alpha value is -1.18. The van der Waals surface area contributed by atoms with Crippen molar-refractivity contribution in [2.75, 3.05) is 6.54 Å². The molecule has 1 rings (SSSR count). The Balaban J connectivity index is 2.70. The molecule has 0 spiro atoms. The van der Waals surface area contributed by atoms with Gasteiger partial charge >= 0.3 is 0 Å². The van der Waals surface area contributed by atoms with E-state index in [2.05, 4.69) is 26.2 Å². The summed E-state index contributed by atoms with van der Waals surface area (Å²) in [5.41, 5.74) is 4.97. The SMILES string of the molecule is NC(=O)C(O)CNC(=O)c1cc(Br)cnc1Cl. The highest BCUT2D eigenvalue weighted by Gasteiger charge is 2.15. The lowest BCUT2D eigenvalue weighted by Crippen LogP contribution is -2.40. The molecular weight excluding hydrogens is 313 g/mol. The summed E-state index contributed by atoms with van der Waals surface area (Å²) in [6.45, 7) is -0.281. The minimum Gasteiger partial charge on any atom is -0.381 e. The number of halogens is 2. The van der Waals surface area contributed by atoms with Crippen LogP contribution in [-0.4, -0.2) is 34.6 Å². The van der Waals surface area contributed by atoms with Gasteiger partial charge in [-0.2, -0.15) is 0 Å². The smallest absolute Gasteiger partial charge is 0.254 e. The Morgan fingerprint density at radius 1 is 1.65 bits per heavy atom. The van der Waals surface area contributed by atoms with Gasteiger partial charge in [0.15, 0.2) is 0 Å². The van der Waals surface area contributed by atoms with E-state index in [1.54, 1.807) is 0 Å². The number of hydrogen-bond acceptors (Lipinski definition) is 4. The molecule has 0 aliphatic heterocycles. The molecule has 0 radical (unpaired) electrons. The summed E-state index contributed by atoms with van der Waals surface area (Å²) in [5, 5.41) is 11.4. The number of nitrogens with one attached hydrogen (secondary N) is 1. The van der Waals surface area contributed by atoms with Crippen LogP contribution < -0.4 is 11.1 Å². The average Bonchev–Trinajstić information content (AvgIpc) is 2.28. The van der Waals surface area contributed by atoms with Gasteiger partial charge in [0.05, 0.1) is 12.1 Å². The number of aliphatic hydroxyl groups is 1. The summed E-state index contributed by atoms with van der Waals surface area (Å²) in [6, 6.07) is 1.47. The molecule has 4 N–H and O–H groups in total. The third-order valence-electron chi connectivity index (χ3n) is 1.83. The Bertz CT molecular complexity index is 455. The van der Waals surface area contributed by atoms with E-state index in [-0.39, 0.29) is 17.3 Å². The van der Waals surface area contributed by atoms with Gasteiger partial charge in [-0.15, -0.1) is 0 Å². The zero-order chi connectivity index (χ0) is 13.0. The van der Waals surface area contributed by atoms with E-state index in [1.807, 2.05) is 0 Å². The van der Waals surface area contributed by atoms with Crippen LogP contribution in [-0.2, 0) is 4.79 Å². The Morgan fingerprint density at radius 2 is 2.29 bits per heavy atom. The second-order valence-corrected chi connectivity index (χ2v) is 4.39. The van der Waals surface area contributed by atoms with Crippen LogP contribution in [0.3, 0.4) is 0 Å². The van der Waals surface area contributed by atoms with Crippen molar-refractivity contribution in [1.82, 2.24) is 10.3 Å². The van der Waals surface area contributed by atoms with Gasteiger partial charge in [-0.1, -0.05) is 11.6 Å². The Labute approximate surface area is 110 Å². The number of aliphatic hydroxyl groups excluding tert-OH is 1. The van der Waals surface area contributed by atoms with Crippen molar-refractivity contribution in [3.63, 3.8) is 0 Å². The highest BCUT2D eigenvalue weighted by molar-refractivity contribution is 9.10. The molecule has 6 nitrogen and oxygen atoms in total. The maximum absolute atomic E-state index is 11.6. The molecule has 8 heteroatoms. The first-order chi connectivity index (χ1) is 7.91. The summed E-state index contributed by atoms with van der Waals surface area (Å²) in [5.74, 6) is -1.46. The number of nitrogens with two attached hydrogens (primary N) is 1. The van der Waals surface area contributed by atoms with Crippen molar-refractivity contribution in [3.05, 3.63) is 27.5 Å². The fourth-order valence-corrected chi connectivity index (χ4v) is 1.49. The van der Waals surface area contributed by atoms with E-state index in [4.69, 9.17) is 22.4 Å². The third-order valence-corrected chi connectivity index (χ3v) is 2.57. The van der Waals surface area contributed by atoms with Crippen LogP contribution in [0.5, 0.6) is 0 Å². The van der Waals surface area contributed by atoms with E-state index in [1.165, 1.54) is 12.3 Å². The Kier molecular flexibility index (Phi) is 4.86. The largest absolute Gasteiger partial charge is 0.381 e. The summed E-state index contributed by atoms with van der Waals surface area (Å²) in [6.07, 6.45) is 0.00928. The van der Waals surface area contributed by atoms with Crippen molar-refractivity contribution in [1.29, 1.82) is 0 Å². The zero-order valence-corrected chi connectivity index (χ0v) is 10.8. The molecule has 2 amide bonds. The lowest BCUT2D eigenvalue weighted by molar-refractivity contribution is -0.125. The molecule has 0 aromatic carbocycles. The molecule has 0 bridgehead atoms. The first-order valence-electron chi connectivity index (χ1n) is 4.48. The molecule has 1 heterocycles. The maximum Gasteiger partial charge on any atom is 0.254 e. The number of primary amides is 1. The number of rotatable bonds is 4. The van der Waals surface area contributed by atoms with Gasteiger partial charge in [0.2, 0.25) is 5.91 Å². The van der Waals surface area contributed by atoms with Gasteiger partial charge in [-0.25, -0.2) is 4.98 Å². The molecule has 0 fully saturated rings. The fraction of sp³-hybridized carbons (Fsp3) is 0.222. The summed E-state index contributed by atoms with van der Waals surface area (Å²) < 4.78 is 0.586. The molecule has 17 heavy (non-hydrogen) atoms. The highest BCUT2D eigenvalue weighted by Crippen LogP contribution is 2.17. The lowest BCUT2D eigenvalue weighted by Gasteiger charge is -2.09. The van der Waals surface area contributed by atoms with Gasteiger partial charge in [-0.3, -0.25) is 9.59 Å². The molecule has 1 aromatic rings. The number of carbonyl (C=O) groups is 2. The fourth-order valence-electron chi connectivity index (χ4n) is 0.967. The van der Waals surface area contributed by atoms with E-state index >= 15 is 0 Å². The van der Waals surface area contributed by atoms with Gasteiger partial charge in [0.25, 0.3) is 5.91 Å². The predicted molar refractivity (Wildman–Crippen MR) is 64.5 cm³/mol. The van der Waals surface area contributed by atoms with Crippen LogP contribution in [0.1, 0.15) is 10.4 Å². The maximum atomic E-state index is 11.6. The number of hydrogen-bond donors (Lipinski definition) is 3. The van der Waals surface area contributed by atoms with Crippen molar-refractivity contribution in [3.8, 4) is 0 Å². The van der Waals surface area contributed by atoms with Crippen molar-refractivity contribution < 1.29 is 14.7 Å². The van der Waals surface area contributed by atoms with Gasteiger partial charge < -0.3 is 16.2 Å². The number of carbonyl (C=O) groups excluding carboxylic acids is 2. The minimum atomic E-state index is -1.43. The second kappa shape index (κ2) is 5.95. The summed E-state index contributed by atoms with van der Waals surface area (Å²) in [7, 11) is 0. The highest BCUT2D eigenvalue weighted by atomic mass is 79.9. The quantitative estimate of drug-likeness (QED) is 0.682. The van der Waals surface area contributed by atoms with Crippen LogP contribution in [0.15, 0.2) is 16.7 Å². The van der Waals surface area contributed by atoms with Gasteiger partial charge in [-0.05, 0) is 22.0 Å². The van der Waals surface area contributed by atoms with Crippen LogP contribution in [0.2, 0.25) is 5.15 Å². The van der Waals surface area contributed by atoms with E-state index < -0.39 is 17.9 Å².